The Kier molecular flexibility index (Phi) is 6.18. The van der Waals surface area contributed by atoms with E-state index in [-0.39, 0.29) is 24.3 Å². The van der Waals surface area contributed by atoms with Gasteiger partial charge in [0.1, 0.15) is 0 Å². The van der Waals surface area contributed by atoms with Crippen molar-refractivity contribution in [3.63, 3.8) is 0 Å². The molecule has 2 aromatic carbocycles. The third kappa shape index (κ3) is 5.05. The minimum Gasteiger partial charge on any atom is -0.332 e. The van der Waals surface area contributed by atoms with Crippen molar-refractivity contribution in [2.75, 3.05) is 24.2 Å². The van der Waals surface area contributed by atoms with Gasteiger partial charge in [0, 0.05) is 24.0 Å². The highest BCUT2D eigenvalue weighted by molar-refractivity contribution is 7.12. The van der Waals surface area contributed by atoms with Gasteiger partial charge in [-0.1, -0.05) is 30.3 Å². The number of nitrogens with zero attached hydrogens (tertiary/aromatic N) is 1. The molecule has 0 saturated carbocycles. The van der Waals surface area contributed by atoms with Gasteiger partial charge >= 0.3 is 0 Å². The second kappa shape index (κ2) is 8.96. The maximum Gasteiger partial charge on any atom is 0.265 e. The molecule has 0 aliphatic carbocycles. The van der Waals surface area contributed by atoms with E-state index in [1.807, 2.05) is 17.5 Å². The number of carbonyl (C=O) groups excluding carboxylic acids is 3. The van der Waals surface area contributed by atoms with Crippen LogP contribution in [0.15, 0.2) is 72.1 Å². The molecule has 0 aliphatic rings. The van der Waals surface area contributed by atoms with Crippen molar-refractivity contribution in [3.8, 4) is 0 Å². The Morgan fingerprint density at radius 1 is 0.893 bits per heavy atom. The van der Waals surface area contributed by atoms with E-state index >= 15 is 0 Å². The molecule has 2 N–H and O–H groups in total. The SMILES string of the molecule is CN(CC(=O)Nc1cccc(NC(=O)c2cccs2)c1)C(=O)c1ccccc1. The van der Waals surface area contributed by atoms with Gasteiger partial charge in [0.15, 0.2) is 0 Å². The quantitative estimate of drug-likeness (QED) is 0.670. The molecule has 0 saturated heterocycles. The smallest absolute Gasteiger partial charge is 0.265 e. The van der Waals surface area contributed by atoms with Gasteiger partial charge in [-0.2, -0.15) is 0 Å². The van der Waals surface area contributed by atoms with Crippen LogP contribution in [-0.4, -0.2) is 36.2 Å². The fraction of sp³-hybridized carbons (Fsp3) is 0.0952. The molecule has 3 aromatic rings. The van der Waals surface area contributed by atoms with Crippen LogP contribution in [0.3, 0.4) is 0 Å². The number of benzene rings is 2. The lowest BCUT2D eigenvalue weighted by Gasteiger charge is -2.17. The molecule has 0 radical (unpaired) electrons. The van der Waals surface area contributed by atoms with Crippen LogP contribution >= 0.6 is 11.3 Å². The number of hydrogen-bond acceptors (Lipinski definition) is 4. The van der Waals surface area contributed by atoms with Gasteiger partial charge in [-0.05, 0) is 41.8 Å². The number of hydrogen-bond donors (Lipinski definition) is 2. The Balaban J connectivity index is 1.58. The highest BCUT2D eigenvalue weighted by atomic mass is 32.1. The third-order valence-corrected chi connectivity index (χ3v) is 4.77. The summed E-state index contributed by atoms with van der Waals surface area (Å²) in [6.07, 6.45) is 0. The summed E-state index contributed by atoms with van der Waals surface area (Å²) >= 11 is 1.35. The maximum absolute atomic E-state index is 12.3. The third-order valence-electron chi connectivity index (χ3n) is 3.90. The average molecular weight is 393 g/mol. The number of likely N-dealkylation sites (N-methyl/N-ethyl adjacent to an activating group) is 1. The Morgan fingerprint density at radius 2 is 1.61 bits per heavy atom. The molecule has 1 heterocycles. The Labute approximate surface area is 166 Å². The number of carbonyl (C=O) groups is 3. The zero-order valence-corrected chi connectivity index (χ0v) is 16.0. The lowest BCUT2D eigenvalue weighted by atomic mass is 10.2. The molecule has 28 heavy (non-hydrogen) atoms. The highest BCUT2D eigenvalue weighted by Gasteiger charge is 2.15. The summed E-state index contributed by atoms with van der Waals surface area (Å²) in [4.78, 5) is 38.7. The molecule has 0 aliphatic heterocycles. The van der Waals surface area contributed by atoms with Gasteiger partial charge in [-0.3, -0.25) is 14.4 Å². The molecule has 3 amide bonds. The minimum atomic E-state index is -0.325. The van der Waals surface area contributed by atoms with Gasteiger partial charge in [-0.15, -0.1) is 11.3 Å². The van der Waals surface area contributed by atoms with Crippen LogP contribution in [0.5, 0.6) is 0 Å². The molecule has 3 rings (SSSR count). The van der Waals surface area contributed by atoms with Gasteiger partial charge in [0.25, 0.3) is 11.8 Å². The average Bonchev–Trinajstić information content (AvgIpc) is 3.23. The number of rotatable bonds is 6. The number of anilines is 2. The van der Waals surface area contributed by atoms with E-state index in [2.05, 4.69) is 10.6 Å². The van der Waals surface area contributed by atoms with E-state index in [1.54, 1.807) is 61.6 Å². The van der Waals surface area contributed by atoms with E-state index in [1.165, 1.54) is 16.2 Å². The Hall–Kier alpha value is -3.45. The van der Waals surface area contributed by atoms with Crippen molar-refractivity contribution >= 4 is 40.4 Å². The molecule has 0 unspecified atom stereocenters. The van der Waals surface area contributed by atoms with Crippen LogP contribution in [0.1, 0.15) is 20.0 Å². The molecular weight excluding hydrogens is 374 g/mol. The second-order valence-corrected chi connectivity index (χ2v) is 7.04. The summed E-state index contributed by atoms with van der Waals surface area (Å²) in [6, 6.07) is 19.2. The first-order valence-electron chi connectivity index (χ1n) is 8.58. The van der Waals surface area contributed by atoms with Crippen LogP contribution in [-0.2, 0) is 4.79 Å². The van der Waals surface area contributed by atoms with Crippen LogP contribution in [0, 0.1) is 0 Å². The Bertz CT molecular complexity index is 972. The first-order chi connectivity index (χ1) is 13.5. The fourth-order valence-corrected chi connectivity index (χ4v) is 3.18. The predicted molar refractivity (Wildman–Crippen MR) is 111 cm³/mol. The van der Waals surface area contributed by atoms with E-state index in [0.29, 0.717) is 21.8 Å². The molecule has 0 spiro atoms. The summed E-state index contributed by atoms with van der Waals surface area (Å²) in [5, 5.41) is 7.37. The standard InChI is InChI=1S/C21H19N3O3S/c1-24(21(27)15-7-3-2-4-8-15)14-19(25)22-16-9-5-10-17(13-16)23-20(26)18-11-6-12-28-18/h2-13H,14H2,1H3,(H,22,25)(H,23,26). The van der Waals surface area contributed by atoms with Gasteiger partial charge in [0.05, 0.1) is 11.4 Å². The number of nitrogens with one attached hydrogen (secondary N) is 2. The molecule has 0 fully saturated rings. The molecule has 142 valence electrons. The summed E-state index contributed by atoms with van der Waals surface area (Å²) in [5.74, 6) is -0.757. The van der Waals surface area contributed by atoms with Crippen molar-refractivity contribution < 1.29 is 14.4 Å². The molecule has 7 heteroatoms. The largest absolute Gasteiger partial charge is 0.332 e. The summed E-state index contributed by atoms with van der Waals surface area (Å²) < 4.78 is 0. The van der Waals surface area contributed by atoms with Crippen molar-refractivity contribution in [1.82, 2.24) is 4.90 Å². The van der Waals surface area contributed by atoms with Crippen molar-refractivity contribution in [1.29, 1.82) is 0 Å². The van der Waals surface area contributed by atoms with Gasteiger partial charge in [-0.25, -0.2) is 0 Å². The van der Waals surface area contributed by atoms with Gasteiger partial charge in [0.2, 0.25) is 5.91 Å². The zero-order chi connectivity index (χ0) is 19.9. The van der Waals surface area contributed by atoms with Gasteiger partial charge < -0.3 is 15.5 Å². The first-order valence-corrected chi connectivity index (χ1v) is 9.46. The second-order valence-electron chi connectivity index (χ2n) is 6.09. The van der Waals surface area contributed by atoms with Crippen LogP contribution < -0.4 is 10.6 Å². The zero-order valence-electron chi connectivity index (χ0n) is 15.2. The molecule has 0 bridgehead atoms. The lowest BCUT2D eigenvalue weighted by Crippen LogP contribution is -2.34. The molecule has 6 nitrogen and oxygen atoms in total. The predicted octanol–water partition coefficient (Wildman–Crippen LogP) is 3.71. The molecular formula is C21H19N3O3S. The van der Waals surface area contributed by atoms with Crippen LogP contribution in [0.2, 0.25) is 0 Å². The fourth-order valence-electron chi connectivity index (χ4n) is 2.56. The Morgan fingerprint density at radius 3 is 2.29 bits per heavy atom. The highest BCUT2D eigenvalue weighted by Crippen LogP contribution is 2.17. The topological polar surface area (TPSA) is 78.5 Å². The van der Waals surface area contributed by atoms with Crippen molar-refractivity contribution in [2.45, 2.75) is 0 Å². The minimum absolute atomic E-state index is 0.0838. The van der Waals surface area contributed by atoms with Crippen molar-refractivity contribution in [2.24, 2.45) is 0 Å². The first kappa shape index (κ1) is 19.3. The van der Waals surface area contributed by atoms with E-state index in [9.17, 15) is 14.4 Å². The lowest BCUT2D eigenvalue weighted by molar-refractivity contribution is -0.116. The van der Waals surface area contributed by atoms with Crippen molar-refractivity contribution in [3.05, 3.63) is 82.6 Å². The summed E-state index contributed by atoms with van der Waals surface area (Å²) in [7, 11) is 1.58. The normalized spacial score (nSPS) is 10.2. The molecule has 1 aromatic heterocycles. The van der Waals surface area contributed by atoms with Crippen LogP contribution in [0.4, 0.5) is 11.4 Å². The summed E-state index contributed by atoms with van der Waals surface area (Å²) in [5.41, 5.74) is 1.63. The summed E-state index contributed by atoms with van der Waals surface area (Å²) in [6.45, 7) is -0.0838. The van der Waals surface area contributed by atoms with E-state index < -0.39 is 0 Å². The van der Waals surface area contributed by atoms with E-state index in [4.69, 9.17) is 0 Å². The maximum atomic E-state index is 12.3. The van der Waals surface area contributed by atoms with Crippen LogP contribution in [0.25, 0.3) is 0 Å². The number of amides is 3. The van der Waals surface area contributed by atoms with E-state index in [0.717, 1.165) is 0 Å². The molecule has 0 atom stereocenters. The number of thiophene rings is 1. The monoisotopic (exact) mass is 393 g/mol.